The Balaban J connectivity index is 2.25. The van der Waals surface area contributed by atoms with Crippen LogP contribution >= 0.6 is 0 Å². The number of aliphatic carboxylic acids is 1. The highest BCUT2D eigenvalue weighted by molar-refractivity contribution is 5.76. The van der Waals surface area contributed by atoms with Gasteiger partial charge in [-0.3, -0.25) is 9.78 Å². The molecule has 1 saturated heterocycles. The van der Waals surface area contributed by atoms with Crippen molar-refractivity contribution < 1.29 is 14.6 Å². The highest BCUT2D eigenvalue weighted by Gasteiger charge is 2.48. The summed E-state index contributed by atoms with van der Waals surface area (Å²) < 4.78 is 5.41. The van der Waals surface area contributed by atoms with Gasteiger partial charge < -0.3 is 9.84 Å². The first kappa shape index (κ1) is 11.1. The Morgan fingerprint density at radius 3 is 2.81 bits per heavy atom. The fraction of sp³-hybridized carbons (Fsp3) is 0.500. The molecule has 1 aliphatic rings. The maximum absolute atomic E-state index is 11.4. The molecule has 1 fully saturated rings. The second-order valence-electron chi connectivity index (χ2n) is 4.26. The van der Waals surface area contributed by atoms with E-state index in [0.29, 0.717) is 19.4 Å². The van der Waals surface area contributed by atoms with Crippen molar-refractivity contribution in [3.05, 3.63) is 30.1 Å². The average Bonchev–Trinajstić information content (AvgIpc) is 2.63. The predicted octanol–water partition coefficient (Wildman–Crippen LogP) is 1.50. The number of carbonyl (C=O) groups is 1. The minimum Gasteiger partial charge on any atom is -0.481 e. The largest absolute Gasteiger partial charge is 0.481 e. The third-order valence-electron chi connectivity index (χ3n) is 3.39. The fourth-order valence-electron chi connectivity index (χ4n) is 2.23. The van der Waals surface area contributed by atoms with Crippen LogP contribution in [0.1, 0.15) is 18.9 Å². The van der Waals surface area contributed by atoms with Crippen molar-refractivity contribution in [2.24, 2.45) is 5.41 Å². The zero-order valence-corrected chi connectivity index (χ0v) is 9.22. The van der Waals surface area contributed by atoms with Crippen LogP contribution in [0.5, 0.6) is 0 Å². The molecule has 0 spiro atoms. The Hall–Kier alpha value is -1.42. The SMILES string of the molecule is CC1OCCC1(Cc1ccncc1)C(=O)O. The Morgan fingerprint density at radius 2 is 2.31 bits per heavy atom. The molecule has 4 heteroatoms. The second-order valence-corrected chi connectivity index (χ2v) is 4.26. The smallest absolute Gasteiger partial charge is 0.312 e. The van der Waals surface area contributed by atoms with Gasteiger partial charge in [0.15, 0.2) is 0 Å². The minimum atomic E-state index is -0.776. The van der Waals surface area contributed by atoms with E-state index in [0.717, 1.165) is 5.56 Å². The van der Waals surface area contributed by atoms with E-state index in [1.165, 1.54) is 0 Å². The van der Waals surface area contributed by atoms with Crippen LogP contribution in [-0.4, -0.2) is 28.8 Å². The molecule has 4 nitrogen and oxygen atoms in total. The number of carboxylic acid groups (broad SMARTS) is 1. The van der Waals surface area contributed by atoms with E-state index in [-0.39, 0.29) is 6.10 Å². The summed E-state index contributed by atoms with van der Waals surface area (Å²) in [6.45, 7) is 2.36. The summed E-state index contributed by atoms with van der Waals surface area (Å²) in [7, 11) is 0. The van der Waals surface area contributed by atoms with Crippen molar-refractivity contribution in [2.75, 3.05) is 6.61 Å². The van der Waals surface area contributed by atoms with E-state index < -0.39 is 11.4 Å². The van der Waals surface area contributed by atoms with Gasteiger partial charge in [0.25, 0.3) is 0 Å². The number of hydrogen-bond acceptors (Lipinski definition) is 3. The molecular formula is C12H15NO3. The van der Waals surface area contributed by atoms with E-state index in [4.69, 9.17) is 4.74 Å². The van der Waals surface area contributed by atoms with E-state index in [9.17, 15) is 9.90 Å². The zero-order chi connectivity index (χ0) is 11.6. The standard InChI is InChI=1S/C12H15NO3/c1-9-12(11(14)15,4-7-16-9)8-10-2-5-13-6-3-10/h2-3,5-6,9H,4,7-8H2,1H3,(H,14,15). The molecule has 2 atom stereocenters. The molecule has 1 aromatic heterocycles. The first-order chi connectivity index (χ1) is 7.65. The summed E-state index contributed by atoms with van der Waals surface area (Å²) in [6.07, 6.45) is 4.22. The van der Waals surface area contributed by atoms with Crippen LogP contribution in [0.3, 0.4) is 0 Å². The molecule has 1 N–H and O–H groups in total. The number of carboxylic acids is 1. The second kappa shape index (κ2) is 4.22. The first-order valence-corrected chi connectivity index (χ1v) is 5.39. The number of nitrogens with zero attached hydrogens (tertiary/aromatic N) is 1. The van der Waals surface area contributed by atoms with Crippen molar-refractivity contribution >= 4 is 5.97 Å². The van der Waals surface area contributed by atoms with Gasteiger partial charge in [-0.25, -0.2) is 0 Å². The van der Waals surface area contributed by atoms with Crippen LogP contribution in [0.2, 0.25) is 0 Å². The topological polar surface area (TPSA) is 59.4 Å². The van der Waals surface area contributed by atoms with Gasteiger partial charge in [-0.05, 0) is 37.5 Å². The van der Waals surface area contributed by atoms with Gasteiger partial charge in [0, 0.05) is 19.0 Å². The van der Waals surface area contributed by atoms with Crippen molar-refractivity contribution in [3.63, 3.8) is 0 Å². The summed E-state index contributed by atoms with van der Waals surface area (Å²) in [5, 5.41) is 9.40. The number of pyridine rings is 1. The quantitative estimate of drug-likeness (QED) is 0.840. The molecule has 0 aromatic carbocycles. The van der Waals surface area contributed by atoms with E-state index in [1.54, 1.807) is 12.4 Å². The lowest BCUT2D eigenvalue weighted by atomic mass is 9.76. The molecule has 0 saturated carbocycles. The lowest BCUT2D eigenvalue weighted by Crippen LogP contribution is -2.39. The van der Waals surface area contributed by atoms with Crippen LogP contribution < -0.4 is 0 Å². The van der Waals surface area contributed by atoms with Gasteiger partial charge in [-0.2, -0.15) is 0 Å². The lowest BCUT2D eigenvalue weighted by Gasteiger charge is -2.27. The Labute approximate surface area is 94.3 Å². The molecule has 1 aliphatic heterocycles. The highest BCUT2D eigenvalue weighted by Crippen LogP contribution is 2.38. The Bertz CT molecular complexity index is 379. The maximum Gasteiger partial charge on any atom is 0.312 e. The lowest BCUT2D eigenvalue weighted by molar-refractivity contribution is -0.151. The van der Waals surface area contributed by atoms with Crippen LogP contribution in [0.4, 0.5) is 0 Å². The third-order valence-corrected chi connectivity index (χ3v) is 3.39. The number of aromatic nitrogens is 1. The van der Waals surface area contributed by atoms with Crippen LogP contribution in [0.15, 0.2) is 24.5 Å². The average molecular weight is 221 g/mol. The summed E-state index contributed by atoms with van der Waals surface area (Å²) >= 11 is 0. The van der Waals surface area contributed by atoms with Crippen molar-refractivity contribution in [3.8, 4) is 0 Å². The van der Waals surface area contributed by atoms with Crippen molar-refractivity contribution in [2.45, 2.75) is 25.9 Å². The molecule has 2 rings (SSSR count). The van der Waals surface area contributed by atoms with Gasteiger partial charge in [0.1, 0.15) is 0 Å². The molecule has 16 heavy (non-hydrogen) atoms. The summed E-state index contributed by atoms with van der Waals surface area (Å²) in [4.78, 5) is 15.4. The number of hydrogen-bond donors (Lipinski definition) is 1. The van der Waals surface area contributed by atoms with Crippen molar-refractivity contribution in [1.29, 1.82) is 0 Å². The fourth-order valence-corrected chi connectivity index (χ4v) is 2.23. The Morgan fingerprint density at radius 1 is 1.62 bits per heavy atom. The maximum atomic E-state index is 11.4. The summed E-state index contributed by atoms with van der Waals surface area (Å²) in [5.41, 5.74) is 0.219. The minimum absolute atomic E-state index is 0.238. The van der Waals surface area contributed by atoms with Crippen LogP contribution in [0.25, 0.3) is 0 Å². The number of ether oxygens (including phenoxy) is 1. The zero-order valence-electron chi connectivity index (χ0n) is 9.22. The van der Waals surface area contributed by atoms with Gasteiger partial charge in [-0.15, -0.1) is 0 Å². The summed E-state index contributed by atoms with van der Waals surface area (Å²) in [5.74, 6) is -0.769. The molecule has 86 valence electrons. The van der Waals surface area contributed by atoms with Crippen LogP contribution in [-0.2, 0) is 16.0 Å². The molecule has 0 amide bonds. The molecule has 2 heterocycles. The summed E-state index contributed by atoms with van der Waals surface area (Å²) in [6, 6.07) is 3.71. The van der Waals surface area contributed by atoms with Gasteiger partial charge in [-0.1, -0.05) is 0 Å². The van der Waals surface area contributed by atoms with Gasteiger partial charge >= 0.3 is 5.97 Å². The Kier molecular flexibility index (Phi) is 2.92. The molecule has 2 unspecified atom stereocenters. The monoisotopic (exact) mass is 221 g/mol. The highest BCUT2D eigenvalue weighted by atomic mass is 16.5. The van der Waals surface area contributed by atoms with Gasteiger partial charge in [0.05, 0.1) is 11.5 Å². The van der Waals surface area contributed by atoms with E-state index in [2.05, 4.69) is 4.98 Å². The first-order valence-electron chi connectivity index (χ1n) is 5.39. The van der Waals surface area contributed by atoms with E-state index >= 15 is 0 Å². The van der Waals surface area contributed by atoms with Gasteiger partial charge in [0.2, 0.25) is 0 Å². The van der Waals surface area contributed by atoms with Crippen molar-refractivity contribution in [1.82, 2.24) is 4.98 Å². The normalized spacial score (nSPS) is 29.2. The molecule has 0 bridgehead atoms. The predicted molar refractivity (Wildman–Crippen MR) is 58.0 cm³/mol. The molecule has 1 aromatic rings. The molecular weight excluding hydrogens is 206 g/mol. The van der Waals surface area contributed by atoms with Crippen LogP contribution in [0, 0.1) is 5.41 Å². The van der Waals surface area contributed by atoms with E-state index in [1.807, 2.05) is 19.1 Å². The third kappa shape index (κ3) is 1.80. The molecule has 0 aliphatic carbocycles. The number of rotatable bonds is 3. The molecule has 0 radical (unpaired) electrons.